The van der Waals surface area contributed by atoms with E-state index in [1.54, 1.807) is 0 Å². The number of aliphatic hydroxyl groups excluding tert-OH is 1. The molecule has 2 aliphatic rings. The molecule has 82 valence electrons. The fraction of sp³-hybridized carbons (Fsp3) is 1.00. The minimum atomic E-state index is 0.276. The summed E-state index contributed by atoms with van der Waals surface area (Å²) < 4.78 is 5.90. The molecule has 2 aliphatic heterocycles. The second-order valence-electron chi connectivity index (χ2n) is 4.18. The summed E-state index contributed by atoms with van der Waals surface area (Å²) in [4.78, 5) is 2.30. The number of β-amino-alcohol motifs (C(OH)–C–C–N with tert-alkyl or cyclic N) is 1. The van der Waals surface area contributed by atoms with Crippen molar-refractivity contribution in [3.63, 3.8) is 0 Å². The highest BCUT2D eigenvalue weighted by Crippen LogP contribution is 2.16. The number of rotatable bonds is 4. The zero-order chi connectivity index (χ0) is 9.80. The lowest BCUT2D eigenvalue weighted by Gasteiger charge is -2.36. The predicted molar refractivity (Wildman–Crippen MR) is 54.3 cm³/mol. The van der Waals surface area contributed by atoms with Crippen LogP contribution in [0.1, 0.15) is 12.8 Å². The summed E-state index contributed by atoms with van der Waals surface area (Å²) in [5.41, 5.74) is 0. The van der Waals surface area contributed by atoms with Crippen LogP contribution in [-0.2, 0) is 4.74 Å². The third kappa shape index (κ3) is 2.67. The van der Waals surface area contributed by atoms with Crippen LogP contribution >= 0.6 is 0 Å². The third-order valence-electron chi connectivity index (χ3n) is 3.08. The summed E-state index contributed by atoms with van der Waals surface area (Å²) in [6.45, 7) is 5.29. The van der Waals surface area contributed by atoms with E-state index in [0.717, 1.165) is 45.6 Å². The van der Waals surface area contributed by atoms with Gasteiger partial charge in [0.2, 0.25) is 0 Å². The lowest BCUT2D eigenvalue weighted by atomic mass is 10.1. The predicted octanol–water partition coefficient (Wildman–Crippen LogP) is -0.568. The van der Waals surface area contributed by atoms with E-state index in [2.05, 4.69) is 10.2 Å². The van der Waals surface area contributed by atoms with Crippen molar-refractivity contribution in [3.8, 4) is 0 Å². The van der Waals surface area contributed by atoms with Gasteiger partial charge in [-0.1, -0.05) is 0 Å². The molecular weight excluding hydrogens is 180 g/mol. The van der Waals surface area contributed by atoms with Crippen LogP contribution in [-0.4, -0.2) is 61.5 Å². The first-order valence-electron chi connectivity index (χ1n) is 5.58. The van der Waals surface area contributed by atoms with Crippen LogP contribution in [0.4, 0.5) is 0 Å². The number of likely N-dealkylation sites (tertiary alicyclic amines) is 1. The fourth-order valence-corrected chi connectivity index (χ4v) is 2.04. The summed E-state index contributed by atoms with van der Waals surface area (Å²) in [7, 11) is 0. The van der Waals surface area contributed by atoms with Crippen molar-refractivity contribution in [2.45, 2.75) is 25.0 Å². The maximum absolute atomic E-state index is 8.80. The lowest BCUT2D eigenvalue weighted by Crippen LogP contribution is -2.51. The molecule has 0 saturated carbocycles. The number of piperidine rings is 1. The van der Waals surface area contributed by atoms with E-state index in [4.69, 9.17) is 9.84 Å². The minimum Gasteiger partial charge on any atom is -0.395 e. The Morgan fingerprint density at radius 2 is 1.93 bits per heavy atom. The molecule has 2 fully saturated rings. The number of aliphatic hydroxyl groups is 1. The first-order valence-corrected chi connectivity index (χ1v) is 5.58. The van der Waals surface area contributed by atoms with E-state index in [1.165, 1.54) is 0 Å². The Kier molecular flexibility index (Phi) is 3.75. The molecule has 0 spiro atoms. The SMILES string of the molecule is OCCN1CCC(OC2CNC2)CC1. The number of ether oxygens (including phenoxy) is 1. The van der Waals surface area contributed by atoms with Gasteiger partial charge in [-0.2, -0.15) is 0 Å². The first-order chi connectivity index (χ1) is 6.88. The van der Waals surface area contributed by atoms with Crippen LogP contribution in [0.25, 0.3) is 0 Å². The minimum absolute atomic E-state index is 0.276. The second kappa shape index (κ2) is 5.07. The molecule has 2 heterocycles. The summed E-state index contributed by atoms with van der Waals surface area (Å²) in [6, 6.07) is 0. The molecule has 0 aliphatic carbocycles. The molecule has 0 aromatic heterocycles. The molecule has 0 radical (unpaired) electrons. The highest BCUT2D eigenvalue weighted by Gasteiger charge is 2.25. The quantitative estimate of drug-likeness (QED) is 0.638. The van der Waals surface area contributed by atoms with Crippen molar-refractivity contribution in [2.75, 3.05) is 39.3 Å². The summed E-state index contributed by atoms with van der Waals surface area (Å²) in [5, 5.41) is 12.0. The van der Waals surface area contributed by atoms with Gasteiger partial charge in [-0.3, -0.25) is 0 Å². The third-order valence-corrected chi connectivity index (χ3v) is 3.08. The highest BCUT2D eigenvalue weighted by molar-refractivity contribution is 4.79. The molecule has 0 unspecified atom stereocenters. The van der Waals surface area contributed by atoms with Gasteiger partial charge in [-0.15, -0.1) is 0 Å². The van der Waals surface area contributed by atoms with Gasteiger partial charge >= 0.3 is 0 Å². The second-order valence-corrected chi connectivity index (χ2v) is 4.18. The summed E-state index contributed by atoms with van der Waals surface area (Å²) in [6.07, 6.45) is 3.16. The van der Waals surface area contributed by atoms with Crippen LogP contribution in [0, 0.1) is 0 Å². The average molecular weight is 200 g/mol. The van der Waals surface area contributed by atoms with Crippen molar-refractivity contribution in [3.05, 3.63) is 0 Å². The lowest BCUT2D eigenvalue weighted by molar-refractivity contribution is -0.0628. The van der Waals surface area contributed by atoms with E-state index in [1.807, 2.05) is 0 Å². The van der Waals surface area contributed by atoms with Crippen LogP contribution in [0.5, 0.6) is 0 Å². The fourth-order valence-electron chi connectivity index (χ4n) is 2.04. The van der Waals surface area contributed by atoms with Crippen molar-refractivity contribution < 1.29 is 9.84 Å². The molecule has 4 nitrogen and oxygen atoms in total. The van der Waals surface area contributed by atoms with Gasteiger partial charge in [0.25, 0.3) is 0 Å². The maximum Gasteiger partial charge on any atom is 0.0827 e. The molecular formula is C10H20N2O2. The van der Waals surface area contributed by atoms with Crippen LogP contribution in [0.3, 0.4) is 0 Å². The Morgan fingerprint density at radius 1 is 1.21 bits per heavy atom. The van der Waals surface area contributed by atoms with E-state index >= 15 is 0 Å². The molecule has 2 N–H and O–H groups in total. The normalized spacial score (nSPS) is 26.4. The van der Waals surface area contributed by atoms with Gasteiger partial charge < -0.3 is 20.1 Å². The number of nitrogens with zero attached hydrogens (tertiary/aromatic N) is 1. The molecule has 0 amide bonds. The van der Waals surface area contributed by atoms with Crippen molar-refractivity contribution in [2.24, 2.45) is 0 Å². The topological polar surface area (TPSA) is 44.7 Å². The molecule has 2 rings (SSSR count). The largest absolute Gasteiger partial charge is 0.395 e. The maximum atomic E-state index is 8.80. The smallest absolute Gasteiger partial charge is 0.0827 e. The van der Waals surface area contributed by atoms with Crippen molar-refractivity contribution >= 4 is 0 Å². The van der Waals surface area contributed by atoms with E-state index in [0.29, 0.717) is 12.2 Å². The van der Waals surface area contributed by atoms with E-state index in [-0.39, 0.29) is 6.61 Å². The van der Waals surface area contributed by atoms with Gasteiger partial charge in [0, 0.05) is 32.7 Å². The van der Waals surface area contributed by atoms with Crippen LogP contribution < -0.4 is 5.32 Å². The molecule has 0 aromatic rings. The molecule has 0 aromatic carbocycles. The molecule has 0 bridgehead atoms. The molecule has 4 heteroatoms. The zero-order valence-electron chi connectivity index (χ0n) is 8.61. The number of nitrogens with one attached hydrogen (secondary N) is 1. The standard InChI is InChI=1S/C10H20N2O2/c13-6-5-12-3-1-9(2-4-12)14-10-7-11-8-10/h9-11,13H,1-8H2. The zero-order valence-corrected chi connectivity index (χ0v) is 8.61. The molecule has 0 atom stereocenters. The first kappa shape index (κ1) is 10.4. The van der Waals surface area contributed by atoms with Gasteiger partial charge in [-0.05, 0) is 12.8 Å². The van der Waals surface area contributed by atoms with Gasteiger partial charge in [0.1, 0.15) is 0 Å². The van der Waals surface area contributed by atoms with Gasteiger partial charge in [-0.25, -0.2) is 0 Å². The Balaban J connectivity index is 1.62. The van der Waals surface area contributed by atoms with Crippen LogP contribution in [0.15, 0.2) is 0 Å². The van der Waals surface area contributed by atoms with Gasteiger partial charge in [0.05, 0.1) is 18.8 Å². The summed E-state index contributed by atoms with van der Waals surface area (Å²) >= 11 is 0. The Labute approximate surface area is 85.2 Å². The Bertz CT molecular complexity index is 166. The highest BCUT2D eigenvalue weighted by atomic mass is 16.5. The Hall–Kier alpha value is -0.160. The number of hydrogen-bond donors (Lipinski definition) is 2. The van der Waals surface area contributed by atoms with E-state index < -0.39 is 0 Å². The van der Waals surface area contributed by atoms with E-state index in [9.17, 15) is 0 Å². The van der Waals surface area contributed by atoms with Gasteiger partial charge in [0.15, 0.2) is 0 Å². The molecule has 2 saturated heterocycles. The van der Waals surface area contributed by atoms with Crippen molar-refractivity contribution in [1.82, 2.24) is 10.2 Å². The van der Waals surface area contributed by atoms with Crippen molar-refractivity contribution in [1.29, 1.82) is 0 Å². The summed E-state index contributed by atoms with van der Waals surface area (Å²) in [5.74, 6) is 0. The monoisotopic (exact) mass is 200 g/mol. The number of hydrogen-bond acceptors (Lipinski definition) is 4. The average Bonchev–Trinajstić information content (AvgIpc) is 2.14. The van der Waals surface area contributed by atoms with Crippen LogP contribution in [0.2, 0.25) is 0 Å². The Morgan fingerprint density at radius 3 is 2.43 bits per heavy atom. The molecule has 14 heavy (non-hydrogen) atoms.